The van der Waals surface area contributed by atoms with Gasteiger partial charge in [0, 0.05) is 58.4 Å². The Balaban J connectivity index is 1.19. The SMILES string of the molecule is CC(=O)N(C)c1cnn(C(=O)N2C[C@H]3CC(N(C)Cc4ccc(N5CCCC5)c(C(F)(F)F)c4)C[C@H]3C2)c1. The van der Waals surface area contributed by atoms with Crippen LogP contribution >= 0.6 is 0 Å². The number of benzene rings is 1. The van der Waals surface area contributed by atoms with Crippen LogP contribution in [0.5, 0.6) is 0 Å². The minimum atomic E-state index is -4.39. The van der Waals surface area contributed by atoms with Crippen molar-refractivity contribution in [1.29, 1.82) is 0 Å². The van der Waals surface area contributed by atoms with Crippen LogP contribution in [0.2, 0.25) is 0 Å². The maximum Gasteiger partial charge on any atom is 0.418 e. The summed E-state index contributed by atoms with van der Waals surface area (Å²) in [6.45, 7) is 4.51. The van der Waals surface area contributed by atoms with Gasteiger partial charge in [0.15, 0.2) is 0 Å². The lowest BCUT2D eigenvalue weighted by atomic mass is 10.0. The van der Waals surface area contributed by atoms with Gasteiger partial charge in [0.1, 0.15) is 0 Å². The highest BCUT2D eigenvalue weighted by Crippen LogP contribution is 2.42. The van der Waals surface area contributed by atoms with Gasteiger partial charge < -0.3 is 14.7 Å². The first kappa shape index (κ1) is 26.5. The Labute approximate surface area is 221 Å². The molecular formula is C27H35F3N6O2. The Bertz CT molecular complexity index is 1180. The molecule has 0 bridgehead atoms. The number of likely N-dealkylation sites (tertiary alicyclic amines) is 1. The number of rotatable bonds is 5. The first-order chi connectivity index (χ1) is 18.0. The van der Waals surface area contributed by atoms with Crippen LogP contribution in [0.25, 0.3) is 0 Å². The molecule has 2 amide bonds. The van der Waals surface area contributed by atoms with E-state index in [1.807, 2.05) is 22.9 Å². The van der Waals surface area contributed by atoms with Crippen LogP contribution in [-0.2, 0) is 17.5 Å². The zero-order chi connectivity index (χ0) is 27.2. The van der Waals surface area contributed by atoms with E-state index in [0.29, 0.717) is 61.5 Å². The molecule has 3 atom stereocenters. The Morgan fingerprint density at radius 1 is 1.08 bits per heavy atom. The fourth-order valence-electron chi connectivity index (χ4n) is 6.26. The molecule has 0 spiro atoms. The number of hydrogen-bond acceptors (Lipinski definition) is 5. The highest BCUT2D eigenvalue weighted by atomic mass is 19.4. The monoisotopic (exact) mass is 532 g/mol. The van der Waals surface area contributed by atoms with Crippen molar-refractivity contribution in [3.05, 3.63) is 41.7 Å². The van der Waals surface area contributed by atoms with Gasteiger partial charge in [0.25, 0.3) is 0 Å². The number of anilines is 2. The van der Waals surface area contributed by atoms with Gasteiger partial charge >= 0.3 is 12.2 Å². The molecule has 1 saturated carbocycles. The quantitative estimate of drug-likeness (QED) is 0.575. The largest absolute Gasteiger partial charge is 0.418 e. The Morgan fingerprint density at radius 3 is 2.34 bits per heavy atom. The summed E-state index contributed by atoms with van der Waals surface area (Å²) >= 11 is 0. The minimum Gasteiger partial charge on any atom is -0.371 e. The summed E-state index contributed by atoms with van der Waals surface area (Å²) < 4.78 is 42.9. The molecule has 2 aromatic rings. The van der Waals surface area contributed by atoms with Gasteiger partial charge in [-0.25, -0.2) is 4.79 Å². The van der Waals surface area contributed by atoms with Gasteiger partial charge in [0.2, 0.25) is 5.91 Å². The van der Waals surface area contributed by atoms with E-state index in [9.17, 15) is 22.8 Å². The van der Waals surface area contributed by atoms with E-state index in [0.717, 1.165) is 25.7 Å². The van der Waals surface area contributed by atoms with Gasteiger partial charge in [-0.1, -0.05) is 6.07 Å². The topological polar surface area (TPSA) is 64.9 Å². The molecule has 2 aliphatic heterocycles. The molecule has 3 fully saturated rings. The van der Waals surface area contributed by atoms with E-state index in [-0.39, 0.29) is 18.0 Å². The zero-order valence-electron chi connectivity index (χ0n) is 22.1. The summed E-state index contributed by atoms with van der Waals surface area (Å²) in [5, 5.41) is 4.14. The highest BCUT2D eigenvalue weighted by molar-refractivity contribution is 5.91. The van der Waals surface area contributed by atoms with Gasteiger partial charge in [-0.3, -0.25) is 9.69 Å². The average molecular weight is 533 g/mol. The molecule has 2 saturated heterocycles. The van der Waals surface area contributed by atoms with Crippen molar-refractivity contribution < 1.29 is 22.8 Å². The van der Waals surface area contributed by atoms with Crippen molar-refractivity contribution in [3.8, 4) is 0 Å². The van der Waals surface area contributed by atoms with Crippen LogP contribution < -0.4 is 9.80 Å². The molecule has 11 heteroatoms. The third-order valence-corrected chi connectivity index (χ3v) is 8.49. The summed E-state index contributed by atoms with van der Waals surface area (Å²) in [6, 6.07) is 4.85. The fourth-order valence-corrected chi connectivity index (χ4v) is 6.26. The van der Waals surface area contributed by atoms with E-state index in [1.165, 1.54) is 28.8 Å². The summed E-state index contributed by atoms with van der Waals surface area (Å²) in [5.74, 6) is 0.564. The number of nitrogens with zero attached hydrogens (tertiary/aromatic N) is 6. The van der Waals surface area contributed by atoms with Crippen LogP contribution in [0.1, 0.15) is 43.7 Å². The molecular weight excluding hydrogens is 497 g/mol. The van der Waals surface area contributed by atoms with Crippen molar-refractivity contribution in [2.75, 3.05) is 50.1 Å². The van der Waals surface area contributed by atoms with Crippen molar-refractivity contribution in [2.45, 2.75) is 51.4 Å². The molecule has 1 aliphatic carbocycles. The van der Waals surface area contributed by atoms with E-state index in [1.54, 1.807) is 19.3 Å². The van der Waals surface area contributed by atoms with Crippen LogP contribution in [-0.4, -0.2) is 77.8 Å². The summed E-state index contributed by atoms with van der Waals surface area (Å²) in [6.07, 6.45) is 2.34. The van der Waals surface area contributed by atoms with Crippen LogP contribution in [0, 0.1) is 11.8 Å². The predicted octanol–water partition coefficient (Wildman–Crippen LogP) is 4.30. The van der Waals surface area contributed by atoms with E-state index in [2.05, 4.69) is 10.00 Å². The smallest absolute Gasteiger partial charge is 0.371 e. The number of halogens is 3. The van der Waals surface area contributed by atoms with Crippen LogP contribution in [0.15, 0.2) is 30.6 Å². The first-order valence-corrected chi connectivity index (χ1v) is 13.2. The molecule has 206 valence electrons. The second-order valence-electron chi connectivity index (χ2n) is 11.0. The number of aromatic nitrogens is 2. The minimum absolute atomic E-state index is 0.139. The summed E-state index contributed by atoms with van der Waals surface area (Å²) in [4.78, 5) is 31.8. The lowest BCUT2D eigenvalue weighted by Crippen LogP contribution is -2.36. The molecule has 1 unspecified atom stereocenters. The van der Waals surface area contributed by atoms with Crippen molar-refractivity contribution in [3.63, 3.8) is 0 Å². The molecule has 0 N–H and O–H groups in total. The summed E-state index contributed by atoms with van der Waals surface area (Å²) in [5.41, 5.74) is 0.980. The van der Waals surface area contributed by atoms with Crippen molar-refractivity contribution in [1.82, 2.24) is 19.6 Å². The maximum atomic E-state index is 13.9. The Morgan fingerprint density at radius 2 is 1.74 bits per heavy atom. The van der Waals surface area contributed by atoms with Crippen LogP contribution in [0.4, 0.5) is 29.3 Å². The number of carbonyl (C=O) groups is 2. The molecule has 38 heavy (non-hydrogen) atoms. The third-order valence-electron chi connectivity index (χ3n) is 8.49. The molecule has 3 aliphatic rings. The number of carbonyl (C=O) groups excluding carboxylic acids is 2. The van der Waals surface area contributed by atoms with Gasteiger partial charge in [-0.2, -0.15) is 23.0 Å². The van der Waals surface area contributed by atoms with Crippen molar-refractivity contribution in [2.24, 2.45) is 11.8 Å². The third kappa shape index (κ3) is 5.25. The van der Waals surface area contributed by atoms with Crippen LogP contribution in [0.3, 0.4) is 0 Å². The number of hydrogen-bond donors (Lipinski definition) is 0. The second-order valence-corrected chi connectivity index (χ2v) is 11.0. The normalized spacial score (nSPS) is 23.4. The molecule has 8 nitrogen and oxygen atoms in total. The predicted molar refractivity (Wildman–Crippen MR) is 138 cm³/mol. The molecule has 3 heterocycles. The highest BCUT2D eigenvalue weighted by Gasteiger charge is 2.44. The summed E-state index contributed by atoms with van der Waals surface area (Å²) in [7, 11) is 3.62. The standard InChI is InChI=1S/C27H35F3N6O2/c1-18(37)33(3)23-13-31-36(17-23)26(38)35-15-20-11-22(12-21(20)16-35)32(2)14-19-6-7-25(34-8-4-5-9-34)24(10-19)27(28,29)30/h6-7,10,13,17,20-22H,4-5,8-9,11-12,14-16H2,1-3H3/t20-,21+,22?. The molecule has 5 rings (SSSR count). The van der Waals surface area contributed by atoms with Gasteiger partial charge in [0.05, 0.1) is 23.6 Å². The van der Waals surface area contributed by atoms with Gasteiger partial charge in [-0.15, -0.1) is 0 Å². The molecule has 0 radical (unpaired) electrons. The first-order valence-electron chi connectivity index (χ1n) is 13.2. The zero-order valence-corrected chi connectivity index (χ0v) is 22.1. The van der Waals surface area contributed by atoms with E-state index < -0.39 is 11.7 Å². The molecule has 1 aromatic carbocycles. The fraction of sp³-hybridized carbons (Fsp3) is 0.593. The number of alkyl halides is 3. The Hall–Kier alpha value is -3.08. The maximum absolute atomic E-state index is 13.9. The number of fused-ring (bicyclic) bond motifs is 1. The van der Waals surface area contributed by atoms with E-state index >= 15 is 0 Å². The molecule has 1 aromatic heterocycles. The Kier molecular flexibility index (Phi) is 7.15. The lowest BCUT2D eigenvalue weighted by molar-refractivity contribution is -0.137. The average Bonchev–Trinajstić information content (AvgIpc) is 3.66. The van der Waals surface area contributed by atoms with E-state index in [4.69, 9.17) is 0 Å². The second kappa shape index (κ2) is 10.2. The van der Waals surface area contributed by atoms with Crippen molar-refractivity contribution >= 4 is 23.3 Å². The lowest BCUT2D eigenvalue weighted by Gasteiger charge is -2.28. The number of amides is 2. The van der Waals surface area contributed by atoms with Gasteiger partial charge in [-0.05, 0) is 62.3 Å².